The molecule has 0 unspecified atom stereocenters. The molecule has 2 heterocycles. The summed E-state index contributed by atoms with van der Waals surface area (Å²) in [6.07, 6.45) is 6.94. The van der Waals surface area contributed by atoms with E-state index in [0.29, 0.717) is 11.4 Å². The van der Waals surface area contributed by atoms with E-state index in [1.807, 2.05) is 65.4 Å². The Morgan fingerprint density at radius 1 is 1.00 bits per heavy atom. The Labute approximate surface area is 138 Å². The molecule has 0 aliphatic rings. The minimum absolute atomic E-state index is 0.227. The minimum atomic E-state index is -0.227. The van der Waals surface area contributed by atoms with Crippen molar-refractivity contribution in [1.29, 1.82) is 0 Å². The van der Waals surface area contributed by atoms with E-state index in [0.717, 1.165) is 16.5 Å². The van der Waals surface area contributed by atoms with E-state index >= 15 is 0 Å². The van der Waals surface area contributed by atoms with Gasteiger partial charge in [-0.3, -0.25) is 9.78 Å². The van der Waals surface area contributed by atoms with Gasteiger partial charge in [-0.1, -0.05) is 30.3 Å². The smallest absolute Gasteiger partial charge is 0.274 e. The number of fused-ring (bicyclic) bond motifs is 1. The summed E-state index contributed by atoms with van der Waals surface area (Å²) in [5.74, 6) is -0.227. The zero-order valence-corrected chi connectivity index (χ0v) is 12.8. The van der Waals surface area contributed by atoms with Gasteiger partial charge in [-0.15, -0.1) is 0 Å². The molecular formula is C19H14N4O. The van der Waals surface area contributed by atoms with Crippen LogP contribution >= 0.6 is 0 Å². The molecule has 0 saturated carbocycles. The number of nitrogens with one attached hydrogen (secondary N) is 1. The van der Waals surface area contributed by atoms with Gasteiger partial charge in [-0.2, -0.15) is 0 Å². The standard InChI is InChI=1S/C19H14N4O/c24-19(18-17-7-2-1-4-14(17)8-9-21-18)22-15-5-3-6-16(12-15)23-11-10-20-13-23/h1-13H,(H,22,24). The number of anilines is 1. The van der Waals surface area contributed by atoms with Crippen molar-refractivity contribution < 1.29 is 4.79 Å². The summed E-state index contributed by atoms with van der Waals surface area (Å²) in [6, 6.07) is 17.2. The predicted molar refractivity (Wildman–Crippen MR) is 93.3 cm³/mol. The number of carbonyl (C=O) groups excluding carboxylic acids is 1. The maximum atomic E-state index is 12.6. The van der Waals surface area contributed by atoms with Crippen LogP contribution in [-0.4, -0.2) is 20.4 Å². The van der Waals surface area contributed by atoms with Crippen LogP contribution in [0, 0.1) is 0 Å². The third-order valence-corrected chi connectivity index (χ3v) is 3.80. The third-order valence-electron chi connectivity index (χ3n) is 3.80. The van der Waals surface area contributed by atoms with Gasteiger partial charge < -0.3 is 9.88 Å². The van der Waals surface area contributed by atoms with Crippen LogP contribution in [0.25, 0.3) is 16.5 Å². The van der Waals surface area contributed by atoms with Crippen LogP contribution in [0.1, 0.15) is 10.5 Å². The quantitative estimate of drug-likeness (QED) is 0.627. The van der Waals surface area contributed by atoms with Gasteiger partial charge in [0.05, 0.1) is 6.33 Å². The number of imidazole rings is 1. The van der Waals surface area contributed by atoms with Crippen molar-refractivity contribution in [3.8, 4) is 5.69 Å². The van der Waals surface area contributed by atoms with E-state index in [2.05, 4.69) is 15.3 Å². The van der Waals surface area contributed by atoms with E-state index in [-0.39, 0.29) is 5.91 Å². The molecule has 0 saturated heterocycles. The molecule has 0 spiro atoms. The molecule has 0 bridgehead atoms. The Morgan fingerprint density at radius 2 is 1.92 bits per heavy atom. The van der Waals surface area contributed by atoms with Crippen LogP contribution in [0.4, 0.5) is 5.69 Å². The lowest BCUT2D eigenvalue weighted by Gasteiger charge is -2.09. The third kappa shape index (κ3) is 2.63. The van der Waals surface area contributed by atoms with Crippen LogP contribution in [0.15, 0.2) is 79.5 Å². The fraction of sp³-hybridized carbons (Fsp3) is 0. The van der Waals surface area contributed by atoms with Crippen LogP contribution in [-0.2, 0) is 0 Å². The number of rotatable bonds is 3. The largest absolute Gasteiger partial charge is 0.321 e. The van der Waals surface area contributed by atoms with Crippen molar-refractivity contribution >= 4 is 22.4 Å². The Hall–Kier alpha value is -3.47. The zero-order valence-electron chi connectivity index (χ0n) is 12.8. The van der Waals surface area contributed by atoms with Gasteiger partial charge in [-0.25, -0.2) is 4.98 Å². The molecule has 0 radical (unpaired) electrons. The van der Waals surface area contributed by atoms with Crippen molar-refractivity contribution in [1.82, 2.24) is 14.5 Å². The summed E-state index contributed by atoms with van der Waals surface area (Å²) in [4.78, 5) is 20.9. The molecule has 5 heteroatoms. The second-order valence-electron chi connectivity index (χ2n) is 5.36. The monoisotopic (exact) mass is 314 g/mol. The fourth-order valence-corrected chi connectivity index (χ4v) is 2.65. The highest BCUT2D eigenvalue weighted by Crippen LogP contribution is 2.19. The van der Waals surface area contributed by atoms with Gasteiger partial charge in [0.2, 0.25) is 0 Å². The van der Waals surface area contributed by atoms with Gasteiger partial charge in [0.1, 0.15) is 5.69 Å². The number of aromatic nitrogens is 3. The molecular weight excluding hydrogens is 300 g/mol. The second kappa shape index (κ2) is 5.96. The molecule has 24 heavy (non-hydrogen) atoms. The average molecular weight is 314 g/mol. The highest BCUT2D eigenvalue weighted by atomic mass is 16.1. The molecule has 116 valence electrons. The molecule has 0 aliphatic carbocycles. The molecule has 0 fully saturated rings. The summed E-state index contributed by atoms with van der Waals surface area (Å²) < 4.78 is 1.88. The number of nitrogens with zero attached hydrogens (tertiary/aromatic N) is 3. The first-order valence-corrected chi connectivity index (χ1v) is 7.55. The summed E-state index contributed by atoms with van der Waals surface area (Å²) >= 11 is 0. The Kier molecular flexibility index (Phi) is 3.51. The lowest BCUT2D eigenvalue weighted by Crippen LogP contribution is -2.14. The normalized spacial score (nSPS) is 10.7. The summed E-state index contributed by atoms with van der Waals surface area (Å²) in [5, 5.41) is 4.74. The van der Waals surface area contributed by atoms with Crippen LogP contribution in [0.5, 0.6) is 0 Å². The van der Waals surface area contributed by atoms with Gasteiger partial charge in [0.25, 0.3) is 5.91 Å². The van der Waals surface area contributed by atoms with Crippen LogP contribution in [0.3, 0.4) is 0 Å². The lowest BCUT2D eigenvalue weighted by molar-refractivity contribution is 0.102. The number of benzene rings is 2. The summed E-state index contributed by atoms with van der Waals surface area (Å²) in [7, 11) is 0. The van der Waals surface area contributed by atoms with Crippen molar-refractivity contribution in [2.45, 2.75) is 0 Å². The number of amides is 1. The molecule has 1 N–H and O–H groups in total. The van der Waals surface area contributed by atoms with Crippen molar-refractivity contribution in [2.24, 2.45) is 0 Å². The molecule has 5 nitrogen and oxygen atoms in total. The minimum Gasteiger partial charge on any atom is -0.321 e. The lowest BCUT2D eigenvalue weighted by atomic mass is 10.1. The molecule has 2 aromatic carbocycles. The highest BCUT2D eigenvalue weighted by Gasteiger charge is 2.12. The van der Waals surface area contributed by atoms with E-state index in [9.17, 15) is 4.79 Å². The zero-order chi connectivity index (χ0) is 16.4. The number of carbonyl (C=O) groups is 1. The number of pyridine rings is 1. The SMILES string of the molecule is O=C(Nc1cccc(-n2ccnc2)c1)c1nccc2ccccc12. The number of hydrogen-bond donors (Lipinski definition) is 1. The Bertz CT molecular complexity index is 1000. The van der Waals surface area contributed by atoms with Crippen LogP contribution in [0.2, 0.25) is 0 Å². The topological polar surface area (TPSA) is 59.8 Å². The summed E-state index contributed by atoms with van der Waals surface area (Å²) in [6.45, 7) is 0. The van der Waals surface area contributed by atoms with Crippen molar-refractivity contribution in [3.63, 3.8) is 0 Å². The maximum Gasteiger partial charge on any atom is 0.274 e. The highest BCUT2D eigenvalue weighted by molar-refractivity contribution is 6.11. The summed E-state index contributed by atoms with van der Waals surface area (Å²) in [5.41, 5.74) is 2.05. The van der Waals surface area contributed by atoms with E-state index in [1.54, 1.807) is 18.7 Å². The van der Waals surface area contributed by atoms with Gasteiger partial charge in [0.15, 0.2) is 0 Å². The first kappa shape index (κ1) is 14.1. The molecule has 0 atom stereocenters. The van der Waals surface area contributed by atoms with Gasteiger partial charge in [-0.05, 0) is 29.7 Å². The van der Waals surface area contributed by atoms with E-state index in [1.165, 1.54) is 0 Å². The molecule has 0 aliphatic heterocycles. The Morgan fingerprint density at radius 3 is 2.79 bits per heavy atom. The second-order valence-corrected chi connectivity index (χ2v) is 5.36. The predicted octanol–water partition coefficient (Wildman–Crippen LogP) is 3.67. The molecule has 4 rings (SSSR count). The molecule has 1 amide bonds. The first-order chi connectivity index (χ1) is 11.8. The maximum absolute atomic E-state index is 12.6. The van der Waals surface area contributed by atoms with Crippen molar-refractivity contribution in [2.75, 3.05) is 5.32 Å². The van der Waals surface area contributed by atoms with E-state index in [4.69, 9.17) is 0 Å². The average Bonchev–Trinajstić information content (AvgIpc) is 3.16. The van der Waals surface area contributed by atoms with Gasteiger partial charge >= 0.3 is 0 Å². The number of hydrogen-bond acceptors (Lipinski definition) is 3. The Balaban J connectivity index is 1.66. The van der Waals surface area contributed by atoms with E-state index < -0.39 is 0 Å². The van der Waals surface area contributed by atoms with Crippen molar-refractivity contribution in [3.05, 3.63) is 85.2 Å². The molecule has 4 aromatic rings. The molecule has 2 aromatic heterocycles. The van der Waals surface area contributed by atoms with Gasteiger partial charge in [0, 0.05) is 35.4 Å². The van der Waals surface area contributed by atoms with Crippen LogP contribution < -0.4 is 5.32 Å². The first-order valence-electron chi connectivity index (χ1n) is 7.55. The fourth-order valence-electron chi connectivity index (χ4n) is 2.65.